The van der Waals surface area contributed by atoms with Crippen LogP contribution in [0.4, 0.5) is 15.2 Å². The third-order valence-electron chi connectivity index (χ3n) is 4.78. The lowest BCUT2D eigenvalue weighted by Gasteiger charge is -2.16. The molecule has 4 aromatic rings. The van der Waals surface area contributed by atoms with Crippen LogP contribution in [-0.4, -0.2) is 33.7 Å². The molecule has 136 valence electrons. The number of nitrogens with one attached hydrogen (secondary N) is 1. The van der Waals surface area contributed by atoms with Gasteiger partial charge in [-0.3, -0.25) is 0 Å². The van der Waals surface area contributed by atoms with Gasteiger partial charge in [-0.25, -0.2) is 13.9 Å². The van der Waals surface area contributed by atoms with Crippen molar-refractivity contribution in [3.05, 3.63) is 66.6 Å². The normalized spacial score (nSPS) is 16.9. The van der Waals surface area contributed by atoms with E-state index in [0.717, 1.165) is 46.5 Å². The minimum Gasteiger partial charge on any atom is -0.380 e. The van der Waals surface area contributed by atoms with Crippen LogP contribution in [0.25, 0.3) is 16.2 Å². The molecule has 3 heterocycles. The molecule has 0 amide bonds. The highest BCUT2D eigenvalue weighted by Crippen LogP contribution is 2.29. The third-order valence-corrected chi connectivity index (χ3v) is 5.76. The van der Waals surface area contributed by atoms with E-state index in [1.54, 1.807) is 23.5 Å². The topological polar surface area (TPSA) is 45.5 Å². The molecule has 27 heavy (non-hydrogen) atoms. The van der Waals surface area contributed by atoms with Gasteiger partial charge >= 0.3 is 0 Å². The molecular formula is C20H18FN5S. The zero-order chi connectivity index (χ0) is 18.2. The molecule has 2 aromatic carbocycles. The van der Waals surface area contributed by atoms with E-state index in [-0.39, 0.29) is 5.82 Å². The Morgan fingerprint density at radius 1 is 1.07 bits per heavy atom. The van der Waals surface area contributed by atoms with Crippen LogP contribution in [0.1, 0.15) is 6.42 Å². The fourth-order valence-corrected chi connectivity index (χ4v) is 4.32. The van der Waals surface area contributed by atoms with E-state index in [0.29, 0.717) is 6.04 Å². The summed E-state index contributed by atoms with van der Waals surface area (Å²) in [7, 11) is 0. The predicted molar refractivity (Wildman–Crippen MR) is 107 cm³/mol. The number of para-hydroxylation sites is 1. The molecule has 1 unspecified atom stereocenters. The Morgan fingerprint density at radius 2 is 1.89 bits per heavy atom. The van der Waals surface area contributed by atoms with Crippen LogP contribution >= 0.6 is 11.3 Å². The van der Waals surface area contributed by atoms with Crippen molar-refractivity contribution in [2.75, 3.05) is 23.3 Å². The second-order valence-electron chi connectivity index (χ2n) is 6.69. The molecule has 0 saturated carbocycles. The summed E-state index contributed by atoms with van der Waals surface area (Å²) in [6.07, 6.45) is 2.98. The van der Waals surface area contributed by atoms with Gasteiger partial charge in [0, 0.05) is 30.4 Å². The minimum atomic E-state index is -0.243. The fraction of sp³-hybridized carbons (Fsp3) is 0.200. The molecule has 5 nitrogen and oxygen atoms in total. The van der Waals surface area contributed by atoms with Gasteiger partial charge in [0.25, 0.3) is 0 Å². The molecule has 7 heteroatoms. The lowest BCUT2D eigenvalue weighted by molar-refractivity contribution is 0.628. The number of rotatable bonds is 4. The zero-order valence-electron chi connectivity index (χ0n) is 14.5. The summed E-state index contributed by atoms with van der Waals surface area (Å²) in [5.74, 6) is -0.243. The van der Waals surface area contributed by atoms with E-state index >= 15 is 0 Å². The van der Waals surface area contributed by atoms with Crippen LogP contribution in [0.5, 0.6) is 0 Å². The number of aromatic nitrogens is 3. The van der Waals surface area contributed by atoms with Crippen LogP contribution < -0.4 is 10.2 Å². The molecule has 0 bridgehead atoms. The van der Waals surface area contributed by atoms with E-state index in [2.05, 4.69) is 27.3 Å². The molecule has 1 atom stereocenters. The summed E-state index contributed by atoms with van der Waals surface area (Å²) >= 11 is 1.59. The van der Waals surface area contributed by atoms with E-state index in [1.165, 1.54) is 12.1 Å². The maximum absolute atomic E-state index is 13.1. The maximum Gasteiger partial charge on any atom is 0.214 e. The van der Waals surface area contributed by atoms with Gasteiger partial charge < -0.3 is 10.2 Å². The van der Waals surface area contributed by atoms with Gasteiger partial charge in [0.15, 0.2) is 0 Å². The second-order valence-corrected chi connectivity index (χ2v) is 7.62. The average molecular weight is 379 g/mol. The summed E-state index contributed by atoms with van der Waals surface area (Å²) in [4.78, 5) is 7.80. The number of benzene rings is 2. The van der Waals surface area contributed by atoms with Gasteiger partial charge in [0.05, 0.1) is 11.9 Å². The number of imidazole rings is 1. The Bertz CT molecular complexity index is 1030. The highest BCUT2D eigenvalue weighted by Gasteiger charge is 2.25. The molecule has 1 saturated heterocycles. The number of nitrogens with zero attached hydrogens (tertiary/aromatic N) is 4. The van der Waals surface area contributed by atoms with E-state index < -0.39 is 0 Å². The fourth-order valence-electron chi connectivity index (χ4n) is 3.40. The zero-order valence-corrected chi connectivity index (χ0v) is 15.4. The van der Waals surface area contributed by atoms with Gasteiger partial charge in [0.2, 0.25) is 10.1 Å². The van der Waals surface area contributed by atoms with Crippen molar-refractivity contribution in [3.63, 3.8) is 0 Å². The maximum atomic E-state index is 13.1. The molecule has 2 aromatic heterocycles. The van der Waals surface area contributed by atoms with E-state index in [9.17, 15) is 4.39 Å². The summed E-state index contributed by atoms with van der Waals surface area (Å²) in [5.41, 5.74) is 2.86. The Balaban J connectivity index is 1.31. The van der Waals surface area contributed by atoms with Gasteiger partial charge in [-0.1, -0.05) is 29.5 Å². The lowest BCUT2D eigenvalue weighted by Crippen LogP contribution is -2.25. The van der Waals surface area contributed by atoms with Crippen molar-refractivity contribution in [3.8, 4) is 11.3 Å². The first-order valence-electron chi connectivity index (χ1n) is 8.93. The van der Waals surface area contributed by atoms with Crippen molar-refractivity contribution >= 4 is 27.1 Å². The summed E-state index contributed by atoms with van der Waals surface area (Å²) in [6, 6.07) is 17.1. The van der Waals surface area contributed by atoms with Crippen LogP contribution in [0.3, 0.4) is 0 Å². The van der Waals surface area contributed by atoms with Crippen molar-refractivity contribution in [2.24, 2.45) is 0 Å². The minimum absolute atomic E-state index is 0.243. The Morgan fingerprint density at radius 3 is 2.67 bits per heavy atom. The standard InChI is InChI=1S/C20H18FN5S/c21-15-8-6-14(7-9-15)18-13-26-19(23-18)27-20(24-26)25-11-10-17(12-25)22-16-4-2-1-3-5-16/h1-9,13,17,22H,10-12H2. The van der Waals surface area contributed by atoms with Crippen LogP contribution in [0, 0.1) is 5.82 Å². The molecule has 1 N–H and O–H groups in total. The Kier molecular flexibility index (Phi) is 4.01. The van der Waals surface area contributed by atoms with Crippen LogP contribution in [-0.2, 0) is 0 Å². The SMILES string of the molecule is Fc1ccc(-c2cn3nc(N4CCC(Nc5ccccc5)C4)sc3n2)cc1. The van der Waals surface area contributed by atoms with Crippen molar-refractivity contribution in [2.45, 2.75) is 12.5 Å². The average Bonchev–Trinajstić information content (AvgIpc) is 3.37. The number of anilines is 2. The van der Waals surface area contributed by atoms with E-state index in [4.69, 9.17) is 5.10 Å². The van der Waals surface area contributed by atoms with Gasteiger partial charge in [-0.05, 0) is 42.8 Å². The molecule has 5 rings (SSSR count). The van der Waals surface area contributed by atoms with Gasteiger partial charge in [0.1, 0.15) is 5.82 Å². The molecular weight excluding hydrogens is 361 g/mol. The van der Waals surface area contributed by atoms with Crippen LogP contribution in [0.2, 0.25) is 0 Å². The largest absolute Gasteiger partial charge is 0.380 e. The van der Waals surface area contributed by atoms with E-state index in [1.807, 2.05) is 28.9 Å². The molecule has 1 aliphatic rings. The summed E-state index contributed by atoms with van der Waals surface area (Å²) < 4.78 is 14.9. The first-order valence-corrected chi connectivity index (χ1v) is 9.75. The first-order chi connectivity index (χ1) is 13.2. The van der Waals surface area contributed by atoms with Gasteiger partial charge in [-0.2, -0.15) is 0 Å². The second kappa shape index (κ2) is 6.66. The molecule has 0 aliphatic carbocycles. The first kappa shape index (κ1) is 16.3. The third kappa shape index (κ3) is 3.26. The predicted octanol–water partition coefficient (Wildman–Crippen LogP) is 4.29. The van der Waals surface area contributed by atoms with Crippen molar-refractivity contribution < 1.29 is 4.39 Å². The molecule has 0 radical (unpaired) electrons. The quantitative estimate of drug-likeness (QED) is 0.575. The lowest BCUT2D eigenvalue weighted by atomic mass is 10.2. The number of fused-ring (bicyclic) bond motifs is 1. The Hall–Kier alpha value is -2.93. The Labute approximate surface area is 160 Å². The van der Waals surface area contributed by atoms with Gasteiger partial charge in [-0.15, -0.1) is 5.10 Å². The van der Waals surface area contributed by atoms with Crippen LogP contribution in [0.15, 0.2) is 60.8 Å². The van der Waals surface area contributed by atoms with Crippen molar-refractivity contribution in [1.82, 2.24) is 14.6 Å². The summed E-state index contributed by atoms with van der Waals surface area (Å²) in [6.45, 7) is 1.91. The van der Waals surface area contributed by atoms with Crippen molar-refractivity contribution in [1.29, 1.82) is 0 Å². The highest BCUT2D eigenvalue weighted by molar-refractivity contribution is 7.20. The molecule has 0 spiro atoms. The molecule has 1 aliphatic heterocycles. The number of hydrogen-bond donors (Lipinski definition) is 1. The summed E-state index contributed by atoms with van der Waals surface area (Å²) in [5, 5.41) is 9.27. The highest BCUT2D eigenvalue weighted by atomic mass is 32.1. The smallest absolute Gasteiger partial charge is 0.214 e. The number of hydrogen-bond acceptors (Lipinski definition) is 5. The molecule has 1 fully saturated rings. The monoisotopic (exact) mass is 379 g/mol. The number of halogens is 1.